The highest BCUT2D eigenvalue weighted by Gasteiger charge is 2.30. The predicted molar refractivity (Wildman–Crippen MR) is 102 cm³/mol. The molecule has 0 unspecified atom stereocenters. The van der Waals surface area contributed by atoms with Crippen molar-refractivity contribution in [3.8, 4) is 17.2 Å². The van der Waals surface area contributed by atoms with Gasteiger partial charge in [-0.1, -0.05) is 18.2 Å². The molecule has 4 nitrogen and oxygen atoms in total. The van der Waals surface area contributed by atoms with E-state index >= 15 is 0 Å². The molecule has 0 aliphatic rings. The van der Waals surface area contributed by atoms with Crippen LogP contribution in [0.5, 0.6) is 0 Å². The summed E-state index contributed by atoms with van der Waals surface area (Å²) in [5.74, 6) is -0.858. The van der Waals surface area contributed by atoms with E-state index in [2.05, 4.69) is 10.4 Å². The number of hydrogen-bond acceptors (Lipinski definition) is 5. The standard InChI is InChI=1S/C19H16N2O2S2/c1-11-14-8-9-15(24-19(2,3)18(22)23)16(17(14)25-21-11)13-6-4-12(10-20)5-7-13/h4-9H,1-3H3,(H,22,23). The van der Waals surface area contributed by atoms with E-state index in [0.717, 1.165) is 31.8 Å². The van der Waals surface area contributed by atoms with E-state index in [0.29, 0.717) is 5.56 Å². The molecule has 126 valence electrons. The van der Waals surface area contributed by atoms with Gasteiger partial charge in [-0.2, -0.15) is 9.64 Å². The average Bonchev–Trinajstić information content (AvgIpc) is 2.95. The first-order valence-electron chi connectivity index (χ1n) is 7.65. The predicted octanol–water partition coefficient (Wildman–Crippen LogP) is 5.10. The summed E-state index contributed by atoms with van der Waals surface area (Å²) in [5.41, 5.74) is 3.49. The number of aromatic nitrogens is 1. The maximum Gasteiger partial charge on any atom is 0.319 e. The maximum absolute atomic E-state index is 11.6. The normalized spacial score (nSPS) is 11.4. The Morgan fingerprint density at radius 3 is 2.52 bits per heavy atom. The third-order valence-electron chi connectivity index (χ3n) is 3.97. The Labute approximate surface area is 154 Å². The van der Waals surface area contributed by atoms with Gasteiger partial charge in [0, 0.05) is 15.8 Å². The van der Waals surface area contributed by atoms with Gasteiger partial charge in [0.1, 0.15) is 4.75 Å². The summed E-state index contributed by atoms with van der Waals surface area (Å²) in [5, 5.41) is 19.6. The van der Waals surface area contributed by atoms with Gasteiger partial charge in [-0.3, -0.25) is 4.79 Å². The van der Waals surface area contributed by atoms with E-state index in [9.17, 15) is 9.90 Å². The summed E-state index contributed by atoms with van der Waals surface area (Å²) in [7, 11) is 0. The molecule has 3 rings (SSSR count). The number of fused-ring (bicyclic) bond motifs is 1. The summed E-state index contributed by atoms with van der Waals surface area (Å²) in [6, 6.07) is 13.4. The van der Waals surface area contributed by atoms with Gasteiger partial charge in [-0.15, -0.1) is 11.8 Å². The second-order valence-corrected chi connectivity index (χ2v) is 8.63. The van der Waals surface area contributed by atoms with Crippen molar-refractivity contribution < 1.29 is 9.90 Å². The van der Waals surface area contributed by atoms with Gasteiger partial charge in [0.2, 0.25) is 0 Å². The second kappa shape index (κ2) is 6.51. The lowest BCUT2D eigenvalue weighted by Crippen LogP contribution is -2.26. The van der Waals surface area contributed by atoms with Gasteiger partial charge < -0.3 is 5.11 Å². The van der Waals surface area contributed by atoms with Gasteiger partial charge in [0.25, 0.3) is 0 Å². The number of thioether (sulfide) groups is 1. The van der Waals surface area contributed by atoms with Gasteiger partial charge in [0.05, 0.1) is 22.0 Å². The molecule has 25 heavy (non-hydrogen) atoms. The SMILES string of the molecule is Cc1nsc2c(-c3ccc(C#N)cc3)c(SC(C)(C)C(=O)O)ccc12. The lowest BCUT2D eigenvalue weighted by atomic mass is 10.0. The highest BCUT2D eigenvalue weighted by Crippen LogP contribution is 2.44. The number of aryl methyl sites for hydroxylation is 1. The van der Waals surface area contributed by atoms with Gasteiger partial charge in [-0.05, 0) is 56.1 Å². The molecule has 1 N–H and O–H groups in total. The third-order valence-corrected chi connectivity index (χ3v) is 6.18. The first kappa shape index (κ1) is 17.5. The Morgan fingerprint density at radius 2 is 1.92 bits per heavy atom. The third kappa shape index (κ3) is 3.26. The molecule has 3 aromatic rings. The fourth-order valence-corrected chi connectivity index (χ4v) is 4.62. The minimum atomic E-state index is -0.950. The summed E-state index contributed by atoms with van der Waals surface area (Å²) < 4.78 is 4.54. The van der Waals surface area contributed by atoms with E-state index in [-0.39, 0.29) is 0 Å². The minimum Gasteiger partial charge on any atom is -0.480 e. The van der Waals surface area contributed by atoms with E-state index in [1.807, 2.05) is 31.2 Å². The number of aliphatic carboxylic acids is 1. The van der Waals surface area contributed by atoms with Crippen molar-refractivity contribution in [3.63, 3.8) is 0 Å². The van der Waals surface area contributed by atoms with E-state index in [1.54, 1.807) is 26.0 Å². The van der Waals surface area contributed by atoms with Crippen LogP contribution < -0.4 is 0 Å². The second-order valence-electron chi connectivity index (χ2n) is 6.19. The molecule has 0 aliphatic carbocycles. The Balaban J connectivity index is 2.23. The van der Waals surface area contributed by atoms with E-state index in [1.165, 1.54) is 23.3 Å². The number of rotatable bonds is 4. The van der Waals surface area contributed by atoms with Crippen LogP contribution in [0.25, 0.3) is 21.2 Å². The monoisotopic (exact) mass is 368 g/mol. The van der Waals surface area contributed by atoms with Gasteiger partial charge in [-0.25, -0.2) is 0 Å². The van der Waals surface area contributed by atoms with Crippen LogP contribution in [0.4, 0.5) is 0 Å². The molecule has 0 bridgehead atoms. The molecule has 0 fully saturated rings. The van der Waals surface area contributed by atoms with Crippen LogP contribution in [0.15, 0.2) is 41.3 Å². The van der Waals surface area contributed by atoms with Crippen molar-refractivity contribution in [1.82, 2.24) is 4.37 Å². The summed E-state index contributed by atoms with van der Waals surface area (Å²) in [6.45, 7) is 5.37. The van der Waals surface area contributed by atoms with Crippen LogP contribution in [-0.4, -0.2) is 20.2 Å². The first-order valence-corrected chi connectivity index (χ1v) is 9.24. The molecule has 0 saturated carbocycles. The number of carbonyl (C=O) groups is 1. The number of nitrogens with zero attached hydrogens (tertiary/aromatic N) is 2. The molecule has 0 spiro atoms. The maximum atomic E-state index is 11.6. The Hall–Kier alpha value is -2.36. The van der Waals surface area contributed by atoms with Gasteiger partial charge in [0.15, 0.2) is 0 Å². The summed E-state index contributed by atoms with van der Waals surface area (Å²) in [4.78, 5) is 12.5. The van der Waals surface area contributed by atoms with Crippen molar-refractivity contribution >= 4 is 39.3 Å². The van der Waals surface area contributed by atoms with Crippen LogP contribution >= 0.6 is 23.3 Å². The lowest BCUT2D eigenvalue weighted by molar-refractivity contribution is -0.138. The van der Waals surface area contributed by atoms with Crippen molar-refractivity contribution in [3.05, 3.63) is 47.7 Å². The average molecular weight is 368 g/mol. The van der Waals surface area contributed by atoms with Crippen LogP contribution in [-0.2, 0) is 4.79 Å². The van der Waals surface area contributed by atoms with Crippen molar-refractivity contribution in [2.45, 2.75) is 30.4 Å². The number of nitriles is 1. The summed E-state index contributed by atoms with van der Waals surface area (Å²) >= 11 is 2.74. The fourth-order valence-electron chi connectivity index (χ4n) is 2.50. The molecule has 1 heterocycles. The Morgan fingerprint density at radius 1 is 1.24 bits per heavy atom. The van der Waals surface area contributed by atoms with Crippen LogP contribution in [0.1, 0.15) is 25.1 Å². The summed E-state index contributed by atoms with van der Waals surface area (Å²) in [6.07, 6.45) is 0. The van der Waals surface area contributed by atoms with Crippen molar-refractivity contribution in [2.24, 2.45) is 0 Å². The van der Waals surface area contributed by atoms with Crippen molar-refractivity contribution in [2.75, 3.05) is 0 Å². The fraction of sp³-hybridized carbons (Fsp3) is 0.211. The highest BCUT2D eigenvalue weighted by molar-refractivity contribution is 8.01. The topological polar surface area (TPSA) is 74.0 Å². The minimum absolute atomic E-state index is 0.594. The van der Waals surface area contributed by atoms with Crippen LogP contribution in [0.2, 0.25) is 0 Å². The lowest BCUT2D eigenvalue weighted by Gasteiger charge is -2.21. The van der Waals surface area contributed by atoms with Crippen LogP contribution in [0, 0.1) is 18.3 Å². The van der Waals surface area contributed by atoms with E-state index in [4.69, 9.17) is 5.26 Å². The van der Waals surface area contributed by atoms with E-state index < -0.39 is 10.7 Å². The number of hydrogen-bond donors (Lipinski definition) is 1. The number of benzene rings is 2. The molecule has 0 radical (unpaired) electrons. The van der Waals surface area contributed by atoms with Crippen molar-refractivity contribution in [1.29, 1.82) is 5.26 Å². The molecule has 2 aromatic carbocycles. The van der Waals surface area contributed by atoms with Crippen LogP contribution in [0.3, 0.4) is 0 Å². The molecule has 0 aliphatic heterocycles. The number of carboxylic acids is 1. The molecule has 1 aromatic heterocycles. The zero-order chi connectivity index (χ0) is 18.2. The Kier molecular flexibility index (Phi) is 4.55. The number of carboxylic acid groups (broad SMARTS) is 1. The van der Waals surface area contributed by atoms with Gasteiger partial charge >= 0.3 is 5.97 Å². The Bertz CT molecular complexity index is 999. The molecule has 0 atom stereocenters. The molecular weight excluding hydrogens is 352 g/mol. The zero-order valence-corrected chi connectivity index (χ0v) is 15.7. The first-order chi connectivity index (χ1) is 11.8. The quantitative estimate of drug-likeness (QED) is 0.649. The molecule has 6 heteroatoms. The largest absolute Gasteiger partial charge is 0.480 e. The zero-order valence-electron chi connectivity index (χ0n) is 14.0. The molecule has 0 saturated heterocycles. The highest BCUT2D eigenvalue weighted by atomic mass is 32.2. The molecule has 0 amide bonds. The molecular formula is C19H16N2O2S2. The smallest absolute Gasteiger partial charge is 0.319 e.